The number of urea groups is 1. The fourth-order valence-electron chi connectivity index (χ4n) is 1.68. The van der Waals surface area contributed by atoms with Gasteiger partial charge in [-0.05, 0) is 19.1 Å². The molecule has 1 aromatic rings. The molecule has 21 heavy (non-hydrogen) atoms. The van der Waals surface area contributed by atoms with Crippen LogP contribution in [0, 0.1) is 0 Å². The summed E-state index contributed by atoms with van der Waals surface area (Å²) in [6.07, 6.45) is -0.0165. The number of aromatic carboxylic acids is 1. The molecule has 1 atom stereocenters. The summed E-state index contributed by atoms with van der Waals surface area (Å²) in [6, 6.07) is 3.08. The highest BCUT2D eigenvalue weighted by Crippen LogP contribution is 2.22. The fraction of sp³-hybridized carbons (Fsp3) is 0.308. The summed E-state index contributed by atoms with van der Waals surface area (Å²) in [5.41, 5.74) is 5.03. The molecule has 0 heterocycles. The van der Waals surface area contributed by atoms with E-state index in [-0.39, 0.29) is 17.7 Å². The van der Waals surface area contributed by atoms with E-state index >= 15 is 0 Å². The molecule has 0 radical (unpaired) electrons. The quantitative estimate of drug-likeness (QED) is 0.616. The van der Waals surface area contributed by atoms with E-state index in [9.17, 15) is 14.4 Å². The third-order valence-corrected chi connectivity index (χ3v) is 2.59. The van der Waals surface area contributed by atoms with Crippen LogP contribution in [-0.4, -0.2) is 36.2 Å². The van der Waals surface area contributed by atoms with Crippen LogP contribution >= 0.6 is 0 Å². The molecule has 0 saturated carbocycles. The van der Waals surface area contributed by atoms with Crippen molar-refractivity contribution in [3.8, 4) is 5.75 Å². The van der Waals surface area contributed by atoms with Crippen LogP contribution in [0.25, 0.3) is 0 Å². The second kappa shape index (κ2) is 7.13. The number of rotatable bonds is 6. The van der Waals surface area contributed by atoms with E-state index in [0.29, 0.717) is 5.75 Å². The van der Waals surface area contributed by atoms with Crippen molar-refractivity contribution >= 4 is 23.6 Å². The summed E-state index contributed by atoms with van der Waals surface area (Å²) in [6.45, 7) is 1.61. The molecule has 0 bridgehead atoms. The predicted octanol–water partition coefficient (Wildman–Crippen LogP) is 0.779. The number of carbonyl (C=O) groups is 3. The van der Waals surface area contributed by atoms with Gasteiger partial charge in [0.1, 0.15) is 5.75 Å². The molecule has 114 valence electrons. The molecule has 1 rings (SSSR count). The van der Waals surface area contributed by atoms with Crippen molar-refractivity contribution in [3.05, 3.63) is 23.8 Å². The summed E-state index contributed by atoms with van der Waals surface area (Å²) in [7, 11) is 1.43. The molecule has 0 saturated heterocycles. The monoisotopic (exact) mass is 295 g/mol. The van der Waals surface area contributed by atoms with Gasteiger partial charge < -0.3 is 26.2 Å². The predicted molar refractivity (Wildman–Crippen MR) is 75.4 cm³/mol. The van der Waals surface area contributed by atoms with E-state index in [1.54, 1.807) is 6.92 Å². The van der Waals surface area contributed by atoms with Gasteiger partial charge in [-0.15, -0.1) is 0 Å². The van der Waals surface area contributed by atoms with Gasteiger partial charge in [-0.1, -0.05) is 0 Å². The first kappa shape index (κ1) is 16.3. The molecule has 0 aliphatic rings. The minimum absolute atomic E-state index is 0.0165. The van der Waals surface area contributed by atoms with E-state index in [1.807, 2.05) is 0 Å². The first-order chi connectivity index (χ1) is 9.83. The number of carboxylic acids is 1. The van der Waals surface area contributed by atoms with Crippen molar-refractivity contribution in [1.82, 2.24) is 5.32 Å². The number of carbonyl (C=O) groups excluding carboxylic acids is 2. The van der Waals surface area contributed by atoms with Gasteiger partial charge in [0.25, 0.3) is 0 Å². The van der Waals surface area contributed by atoms with Crippen molar-refractivity contribution in [2.24, 2.45) is 5.73 Å². The normalized spacial score (nSPS) is 11.3. The number of benzene rings is 1. The van der Waals surface area contributed by atoms with Crippen LogP contribution in [0.15, 0.2) is 18.2 Å². The van der Waals surface area contributed by atoms with Gasteiger partial charge in [-0.25, -0.2) is 9.59 Å². The van der Waals surface area contributed by atoms with Gasteiger partial charge in [-0.3, -0.25) is 4.79 Å². The van der Waals surface area contributed by atoms with Crippen LogP contribution in [0.4, 0.5) is 10.5 Å². The minimum atomic E-state index is -1.18. The highest BCUT2D eigenvalue weighted by molar-refractivity contribution is 6.00. The van der Waals surface area contributed by atoms with Crippen molar-refractivity contribution in [2.45, 2.75) is 19.4 Å². The zero-order valence-electron chi connectivity index (χ0n) is 11.7. The Morgan fingerprint density at radius 3 is 2.57 bits per heavy atom. The Hall–Kier alpha value is -2.77. The molecule has 5 N–H and O–H groups in total. The van der Waals surface area contributed by atoms with Gasteiger partial charge in [0.05, 0.1) is 18.4 Å². The number of carboxylic acid groups (broad SMARTS) is 1. The highest BCUT2D eigenvalue weighted by Gasteiger charge is 2.15. The fourth-order valence-corrected chi connectivity index (χ4v) is 1.68. The van der Waals surface area contributed by atoms with E-state index < -0.39 is 23.9 Å². The van der Waals surface area contributed by atoms with E-state index in [1.165, 1.54) is 25.3 Å². The standard InChI is InChI=1S/C13H17N3O5/c1-7(5-11(14)17)15-13(20)16-10-6-8(21-2)3-4-9(10)12(18)19/h3-4,6-7H,5H2,1-2H3,(H2,14,17)(H,18,19)(H2,15,16,20). The lowest BCUT2D eigenvalue weighted by Gasteiger charge is -2.14. The summed E-state index contributed by atoms with van der Waals surface area (Å²) < 4.78 is 4.98. The minimum Gasteiger partial charge on any atom is -0.497 e. The molecule has 0 aromatic heterocycles. The summed E-state index contributed by atoms with van der Waals surface area (Å²) >= 11 is 0. The lowest BCUT2D eigenvalue weighted by atomic mass is 10.1. The number of ether oxygens (including phenoxy) is 1. The third-order valence-electron chi connectivity index (χ3n) is 2.59. The Labute approximate surface area is 121 Å². The molecule has 0 fully saturated rings. The van der Waals surface area contributed by atoms with E-state index in [4.69, 9.17) is 15.6 Å². The van der Waals surface area contributed by atoms with Gasteiger partial charge in [0, 0.05) is 18.5 Å². The first-order valence-corrected chi connectivity index (χ1v) is 6.10. The van der Waals surface area contributed by atoms with E-state index in [2.05, 4.69) is 10.6 Å². The smallest absolute Gasteiger partial charge is 0.337 e. The molecule has 1 aromatic carbocycles. The number of anilines is 1. The van der Waals surface area contributed by atoms with E-state index in [0.717, 1.165) is 0 Å². The number of amides is 3. The number of hydrogen-bond acceptors (Lipinski definition) is 4. The Kier molecular flexibility index (Phi) is 5.53. The van der Waals surface area contributed by atoms with Crippen LogP contribution in [-0.2, 0) is 4.79 Å². The van der Waals surface area contributed by atoms with Crippen LogP contribution in [0.5, 0.6) is 5.75 Å². The van der Waals surface area contributed by atoms with Crippen molar-refractivity contribution in [3.63, 3.8) is 0 Å². The summed E-state index contributed by atoms with van der Waals surface area (Å²) in [4.78, 5) is 33.6. The molecule has 8 nitrogen and oxygen atoms in total. The van der Waals surface area contributed by atoms with Crippen LogP contribution < -0.4 is 21.1 Å². The second-order valence-corrected chi connectivity index (χ2v) is 4.39. The Morgan fingerprint density at radius 2 is 2.05 bits per heavy atom. The van der Waals surface area contributed by atoms with Gasteiger partial charge in [0.2, 0.25) is 5.91 Å². The Balaban J connectivity index is 2.83. The number of nitrogens with two attached hydrogens (primary N) is 1. The van der Waals surface area contributed by atoms with Crippen LogP contribution in [0.1, 0.15) is 23.7 Å². The molecular weight excluding hydrogens is 278 g/mol. The van der Waals surface area contributed by atoms with Gasteiger partial charge >= 0.3 is 12.0 Å². The molecule has 0 aliphatic heterocycles. The average Bonchev–Trinajstić information content (AvgIpc) is 2.36. The van der Waals surface area contributed by atoms with Crippen molar-refractivity contribution < 1.29 is 24.2 Å². The zero-order chi connectivity index (χ0) is 16.0. The number of primary amides is 1. The van der Waals surface area contributed by atoms with Crippen molar-refractivity contribution in [1.29, 1.82) is 0 Å². The largest absolute Gasteiger partial charge is 0.497 e. The summed E-state index contributed by atoms with van der Waals surface area (Å²) in [5.74, 6) is -1.32. The second-order valence-electron chi connectivity index (χ2n) is 4.39. The molecule has 0 spiro atoms. The lowest BCUT2D eigenvalue weighted by Crippen LogP contribution is -2.38. The molecule has 1 unspecified atom stereocenters. The Morgan fingerprint density at radius 1 is 1.38 bits per heavy atom. The summed E-state index contributed by atoms with van der Waals surface area (Å²) in [5, 5.41) is 14.0. The number of nitrogens with one attached hydrogen (secondary N) is 2. The van der Waals surface area contributed by atoms with Crippen LogP contribution in [0.2, 0.25) is 0 Å². The highest BCUT2D eigenvalue weighted by atomic mass is 16.5. The zero-order valence-corrected chi connectivity index (χ0v) is 11.7. The first-order valence-electron chi connectivity index (χ1n) is 6.10. The maximum absolute atomic E-state index is 11.8. The SMILES string of the molecule is COc1ccc(C(=O)O)c(NC(=O)NC(C)CC(N)=O)c1. The van der Waals surface area contributed by atoms with Crippen molar-refractivity contribution in [2.75, 3.05) is 12.4 Å². The third kappa shape index (κ3) is 5.01. The average molecular weight is 295 g/mol. The molecule has 3 amide bonds. The maximum Gasteiger partial charge on any atom is 0.337 e. The van der Waals surface area contributed by atoms with Gasteiger partial charge in [0.15, 0.2) is 0 Å². The lowest BCUT2D eigenvalue weighted by molar-refractivity contribution is -0.118. The van der Waals surface area contributed by atoms with Gasteiger partial charge in [-0.2, -0.15) is 0 Å². The molecular formula is C13H17N3O5. The maximum atomic E-state index is 11.8. The van der Waals surface area contributed by atoms with Crippen LogP contribution in [0.3, 0.4) is 0 Å². The molecule has 8 heteroatoms. The topological polar surface area (TPSA) is 131 Å². The number of methoxy groups -OCH3 is 1. The number of hydrogen-bond donors (Lipinski definition) is 4. The Bertz CT molecular complexity index is 559. The molecule has 0 aliphatic carbocycles.